The van der Waals surface area contributed by atoms with E-state index in [4.69, 9.17) is 4.99 Å². The lowest BCUT2D eigenvalue weighted by Gasteiger charge is -2.34. The summed E-state index contributed by atoms with van der Waals surface area (Å²) in [6.07, 6.45) is 3.93. The number of aliphatic hydroxyl groups is 1. The van der Waals surface area contributed by atoms with Crippen LogP contribution in [0, 0.1) is 6.92 Å². The van der Waals surface area contributed by atoms with Crippen molar-refractivity contribution < 1.29 is 9.90 Å². The number of hydrogen-bond donors (Lipinski definition) is 2. The molecule has 0 fully saturated rings. The number of aromatic amines is 1. The Bertz CT molecular complexity index is 1980. The van der Waals surface area contributed by atoms with Crippen LogP contribution in [0.3, 0.4) is 0 Å². The molecule has 2 N–H and O–H groups in total. The molecule has 224 valence electrons. The van der Waals surface area contributed by atoms with Crippen LogP contribution in [0.25, 0.3) is 27.6 Å². The van der Waals surface area contributed by atoms with Crippen molar-refractivity contribution in [3.63, 3.8) is 0 Å². The van der Waals surface area contributed by atoms with Crippen LogP contribution in [0.15, 0.2) is 35.3 Å². The Morgan fingerprint density at radius 1 is 1.00 bits per heavy atom. The van der Waals surface area contributed by atoms with E-state index < -0.39 is 0 Å². The zero-order valence-electron chi connectivity index (χ0n) is 27.4. The first-order valence-electron chi connectivity index (χ1n) is 15.8. The van der Waals surface area contributed by atoms with Crippen LogP contribution >= 0.6 is 0 Å². The predicted molar refractivity (Wildman–Crippen MR) is 177 cm³/mol. The fourth-order valence-corrected chi connectivity index (χ4v) is 8.41. The molecule has 6 nitrogen and oxygen atoms in total. The van der Waals surface area contributed by atoms with E-state index in [1.165, 1.54) is 22.5 Å². The van der Waals surface area contributed by atoms with E-state index in [1.54, 1.807) is 0 Å². The minimum atomic E-state index is -0.127. The van der Waals surface area contributed by atoms with Crippen LogP contribution in [0.4, 0.5) is 11.4 Å². The molecule has 6 heteroatoms. The van der Waals surface area contributed by atoms with Gasteiger partial charge in [0.05, 0.1) is 33.4 Å². The largest absolute Gasteiger partial charge is 0.506 e. The summed E-state index contributed by atoms with van der Waals surface area (Å²) in [5, 5.41) is 14.5. The molecular weight excluding hydrogens is 532 g/mol. The quantitative estimate of drug-likeness (QED) is 0.370. The zero-order valence-corrected chi connectivity index (χ0v) is 27.4. The van der Waals surface area contributed by atoms with Gasteiger partial charge in [-0.15, -0.1) is 0 Å². The van der Waals surface area contributed by atoms with E-state index in [9.17, 15) is 9.90 Å². The average Bonchev–Trinajstić information content (AvgIpc) is 3.62. The van der Waals surface area contributed by atoms with E-state index >= 15 is 0 Å². The molecule has 0 saturated carbocycles. The van der Waals surface area contributed by atoms with Gasteiger partial charge in [0.25, 0.3) is 0 Å². The number of Topliss-reactive ketones (excluding diaryl/α,β-unsaturated/α-hetero) is 1. The number of carbonyl (C=O) groups excluding carboxylic acids is 1. The second kappa shape index (κ2) is 8.64. The molecule has 3 aromatic rings. The summed E-state index contributed by atoms with van der Waals surface area (Å²) in [6.45, 7) is 25.5. The van der Waals surface area contributed by atoms with Gasteiger partial charge in [-0.2, -0.15) is 0 Å². The van der Waals surface area contributed by atoms with Gasteiger partial charge in [-0.1, -0.05) is 27.7 Å². The number of fused-ring (bicyclic) bond motifs is 6. The van der Waals surface area contributed by atoms with Gasteiger partial charge < -0.3 is 19.9 Å². The van der Waals surface area contributed by atoms with Gasteiger partial charge in [0.2, 0.25) is 5.78 Å². The third-order valence-electron chi connectivity index (χ3n) is 11.5. The van der Waals surface area contributed by atoms with Crippen LogP contribution in [0.2, 0.25) is 0 Å². The monoisotopic (exact) mass is 576 g/mol. The number of benzene rings is 2. The Morgan fingerprint density at radius 3 is 2.28 bits per heavy atom. The second-order valence-corrected chi connectivity index (χ2v) is 14.5. The number of aliphatic hydroxyl groups excluding tert-OH is 1. The van der Waals surface area contributed by atoms with Crippen LogP contribution in [-0.2, 0) is 15.6 Å². The lowest BCUT2D eigenvalue weighted by molar-refractivity contribution is -0.109. The van der Waals surface area contributed by atoms with E-state index in [-0.39, 0.29) is 28.4 Å². The minimum absolute atomic E-state index is 0.0705. The highest BCUT2D eigenvalue weighted by atomic mass is 16.3. The van der Waals surface area contributed by atoms with Crippen LogP contribution < -0.4 is 20.4 Å². The van der Waals surface area contributed by atoms with E-state index in [0.717, 1.165) is 50.3 Å². The number of ketones is 1. The highest BCUT2D eigenvalue weighted by molar-refractivity contribution is 6.52. The minimum Gasteiger partial charge on any atom is -0.506 e. The summed E-state index contributed by atoms with van der Waals surface area (Å²) < 4.78 is 0. The fourth-order valence-electron chi connectivity index (χ4n) is 8.41. The molecule has 43 heavy (non-hydrogen) atoms. The molecule has 0 radical (unpaired) electrons. The predicted octanol–water partition coefficient (Wildman–Crippen LogP) is 6.57. The van der Waals surface area contributed by atoms with Crippen LogP contribution in [0.5, 0.6) is 0 Å². The molecule has 2 atom stereocenters. The van der Waals surface area contributed by atoms with Gasteiger partial charge in [0.1, 0.15) is 5.76 Å². The molecular formula is C37H44N4O2. The zero-order chi connectivity index (χ0) is 31.1. The van der Waals surface area contributed by atoms with E-state index in [0.29, 0.717) is 23.2 Å². The average molecular weight is 577 g/mol. The second-order valence-electron chi connectivity index (χ2n) is 14.5. The molecule has 1 aliphatic carbocycles. The van der Waals surface area contributed by atoms with E-state index in [2.05, 4.69) is 103 Å². The molecule has 0 spiro atoms. The van der Waals surface area contributed by atoms with Gasteiger partial charge in [0, 0.05) is 69.6 Å². The summed E-state index contributed by atoms with van der Waals surface area (Å²) >= 11 is 0. The Morgan fingerprint density at radius 2 is 1.65 bits per heavy atom. The summed E-state index contributed by atoms with van der Waals surface area (Å²) in [5.74, 6) is -0.0464. The number of allylic oxidation sites excluding steroid dienone is 3. The maximum atomic E-state index is 14.3. The van der Waals surface area contributed by atoms with Crippen molar-refractivity contribution >= 4 is 44.8 Å². The van der Waals surface area contributed by atoms with Gasteiger partial charge in [-0.25, -0.2) is 0 Å². The molecule has 3 aliphatic heterocycles. The number of aryl methyl sites for hydroxylation is 1. The van der Waals surface area contributed by atoms with Gasteiger partial charge >= 0.3 is 0 Å². The lowest BCUT2D eigenvalue weighted by Crippen LogP contribution is -2.42. The highest BCUT2D eigenvalue weighted by Gasteiger charge is 2.47. The molecule has 2 aromatic carbocycles. The Balaban J connectivity index is 1.52. The van der Waals surface area contributed by atoms with Crippen molar-refractivity contribution in [2.45, 2.75) is 105 Å². The smallest absolute Gasteiger partial charge is 0.201 e. The topological polar surface area (TPSA) is 71.9 Å². The maximum absolute atomic E-state index is 14.3. The SMILES string of the molecule is CCN1c2c(c/c(=C3\C(=O)C(c4cc5c(c6c(C)c[nH]c46)N(C(C)C)C(C)C5(C)C)=C3O)c3c2C(C)=CN=3)C(C)(C)C1C. The van der Waals surface area contributed by atoms with E-state index in [1.807, 2.05) is 12.4 Å². The fraction of sp³-hybridized carbons (Fsp3) is 0.459. The number of aromatic nitrogens is 1. The number of H-pyrrole nitrogens is 1. The number of carbonyl (C=O) groups is 1. The summed E-state index contributed by atoms with van der Waals surface area (Å²) in [5.41, 5.74) is 10.5. The van der Waals surface area contributed by atoms with Gasteiger partial charge in [0.15, 0.2) is 0 Å². The van der Waals surface area contributed by atoms with Gasteiger partial charge in [-0.3, -0.25) is 9.79 Å². The standard InChI is InChI=1S/C37H44N4O2/c1-12-40-20(6)36(8,9)24-13-22(30-26(32(24)40)18(4)15-38-30)28-34(42)29(35(28)43)23-14-25-33(27-19(5)16-39-31(23)27)41(17(2)3)21(7)37(25,10)11/h13-17,20-21,39,42H,12H2,1-11H3/b28-22+. The number of anilines is 2. The summed E-state index contributed by atoms with van der Waals surface area (Å²) in [4.78, 5) is 27.6. The maximum Gasteiger partial charge on any atom is 0.201 e. The molecule has 4 aliphatic rings. The molecule has 7 rings (SSSR count). The Hall–Kier alpha value is -3.80. The van der Waals surface area contributed by atoms with Crippen LogP contribution in [0.1, 0.15) is 97.1 Å². The number of rotatable bonds is 3. The normalized spacial score (nSPS) is 24.5. The van der Waals surface area contributed by atoms with Crippen LogP contribution in [-0.4, -0.2) is 40.5 Å². The highest BCUT2D eigenvalue weighted by Crippen LogP contribution is 2.53. The molecule has 4 heterocycles. The number of hydrogen-bond acceptors (Lipinski definition) is 5. The van der Waals surface area contributed by atoms with Crippen molar-refractivity contribution in [2.75, 3.05) is 16.3 Å². The van der Waals surface area contributed by atoms with Crippen molar-refractivity contribution in [2.24, 2.45) is 4.99 Å². The van der Waals surface area contributed by atoms with Crippen molar-refractivity contribution in [3.8, 4) is 0 Å². The third kappa shape index (κ3) is 3.25. The molecule has 2 unspecified atom stereocenters. The Kier molecular flexibility index (Phi) is 5.63. The summed E-state index contributed by atoms with van der Waals surface area (Å²) in [7, 11) is 0. The molecule has 0 bridgehead atoms. The number of nitrogens with zero attached hydrogens (tertiary/aromatic N) is 3. The molecule has 0 saturated heterocycles. The van der Waals surface area contributed by atoms with Gasteiger partial charge in [-0.05, 0) is 82.9 Å². The first-order valence-corrected chi connectivity index (χ1v) is 15.8. The van der Waals surface area contributed by atoms with Crippen molar-refractivity contribution in [1.82, 2.24) is 4.98 Å². The first kappa shape index (κ1) is 28.0. The molecule has 1 aromatic heterocycles. The first-order chi connectivity index (χ1) is 20.2. The number of nitrogens with one attached hydrogen (secondary N) is 1. The third-order valence-corrected chi connectivity index (χ3v) is 11.5. The lowest BCUT2D eigenvalue weighted by atomic mass is 9.76. The van der Waals surface area contributed by atoms with Crippen molar-refractivity contribution in [3.05, 3.63) is 68.7 Å². The Labute approximate surface area is 254 Å². The number of likely N-dealkylation sites (N-methyl/N-ethyl adjacent to an activating group) is 1. The molecule has 0 amide bonds. The van der Waals surface area contributed by atoms with Crippen molar-refractivity contribution in [1.29, 1.82) is 0 Å². The summed E-state index contributed by atoms with van der Waals surface area (Å²) in [6, 6.07) is 5.22.